The maximum atomic E-state index is 12.1. The zero-order chi connectivity index (χ0) is 11.5. The molecule has 0 atom stereocenters. The van der Waals surface area contributed by atoms with E-state index in [4.69, 9.17) is 11.6 Å². The van der Waals surface area contributed by atoms with Crippen molar-refractivity contribution in [1.82, 2.24) is 4.90 Å². The molecule has 1 heterocycles. The number of alkyl halides is 1. The molecule has 2 nitrogen and oxygen atoms in total. The summed E-state index contributed by atoms with van der Waals surface area (Å²) in [4.78, 5) is 14.0. The molecule has 0 N–H and O–H groups in total. The van der Waals surface area contributed by atoms with Gasteiger partial charge >= 0.3 is 0 Å². The van der Waals surface area contributed by atoms with Gasteiger partial charge in [0.25, 0.3) is 5.91 Å². The van der Waals surface area contributed by atoms with Crippen molar-refractivity contribution in [3.8, 4) is 0 Å². The van der Waals surface area contributed by atoms with Crippen molar-refractivity contribution in [2.45, 2.75) is 18.2 Å². The molecule has 86 valence electrons. The van der Waals surface area contributed by atoms with Crippen molar-refractivity contribution in [3.05, 3.63) is 33.4 Å². The van der Waals surface area contributed by atoms with E-state index in [0.717, 1.165) is 35.1 Å². The fraction of sp³-hybridized carbons (Fsp3) is 0.417. The van der Waals surface area contributed by atoms with E-state index in [0.29, 0.717) is 0 Å². The summed E-state index contributed by atoms with van der Waals surface area (Å²) in [5, 5.41) is 0.237. The Kier molecular flexibility index (Phi) is 4.08. The minimum absolute atomic E-state index is 0.125. The molecule has 1 aromatic carbocycles. The van der Waals surface area contributed by atoms with Crippen LogP contribution in [0, 0.1) is 3.57 Å². The fourth-order valence-corrected chi connectivity index (χ4v) is 2.38. The Morgan fingerprint density at radius 1 is 1.25 bits per heavy atom. The number of benzene rings is 1. The Balaban J connectivity index is 2.05. The lowest BCUT2D eigenvalue weighted by Crippen LogP contribution is -2.38. The molecule has 16 heavy (non-hydrogen) atoms. The Morgan fingerprint density at radius 2 is 1.81 bits per heavy atom. The van der Waals surface area contributed by atoms with Crippen LogP contribution in [-0.2, 0) is 0 Å². The summed E-state index contributed by atoms with van der Waals surface area (Å²) in [6, 6.07) is 7.69. The molecule has 1 aromatic rings. The quantitative estimate of drug-likeness (QED) is 0.563. The minimum Gasteiger partial charge on any atom is -0.339 e. The number of hydrogen-bond acceptors (Lipinski definition) is 1. The lowest BCUT2D eigenvalue weighted by Gasteiger charge is -2.29. The number of carbonyl (C=O) groups is 1. The molecule has 1 saturated heterocycles. The predicted molar refractivity (Wildman–Crippen MR) is 73.9 cm³/mol. The summed E-state index contributed by atoms with van der Waals surface area (Å²) >= 11 is 8.25. The number of amides is 1. The molecule has 0 spiro atoms. The lowest BCUT2D eigenvalue weighted by atomic mass is 10.1. The third-order valence-electron chi connectivity index (χ3n) is 2.80. The largest absolute Gasteiger partial charge is 0.339 e. The molecule has 1 fully saturated rings. The van der Waals surface area contributed by atoms with Crippen LogP contribution in [0.4, 0.5) is 0 Å². The van der Waals surface area contributed by atoms with Gasteiger partial charge in [-0.25, -0.2) is 0 Å². The van der Waals surface area contributed by atoms with Crippen LogP contribution in [0.1, 0.15) is 23.2 Å². The maximum Gasteiger partial charge on any atom is 0.253 e. The second-order valence-electron chi connectivity index (χ2n) is 3.97. The summed E-state index contributed by atoms with van der Waals surface area (Å²) < 4.78 is 1.15. The van der Waals surface area contributed by atoms with Gasteiger partial charge in [-0.1, -0.05) is 0 Å². The second kappa shape index (κ2) is 5.36. The molecule has 0 aliphatic carbocycles. The summed E-state index contributed by atoms with van der Waals surface area (Å²) in [5.74, 6) is 0.125. The van der Waals surface area contributed by atoms with E-state index in [1.165, 1.54) is 0 Å². The smallest absolute Gasteiger partial charge is 0.253 e. The third kappa shape index (κ3) is 2.88. The average molecular weight is 350 g/mol. The molecule has 0 bridgehead atoms. The number of halogens is 2. The average Bonchev–Trinajstić information content (AvgIpc) is 2.30. The van der Waals surface area contributed by atoms with E-state index in [-0.39, 0.29) is 11.3 Å². The number of nitrogens with zero attached hydrogens (tertiary/aromatic N) is 1. The summed E-state index contributed by atoms with van der Waals surface area (Å²) in [7, 11) is 0. The van der Waals surface area contributed by atoms with E-state index in [1.807, 2.05) is 29.2 Å². The predicted octanol–water partition coefficient (Wildman–Crippen LogP) is 3.13. The Labute approximate surface area is 114 Å². The monoisotopic (exact) mass is 349 g/mol. The maximum absolute atomic E-state index is 12.1. The molecule has 1 aliphatic heterocycles. The van der Waals surface area contributed by atoms with Gasteiger partial charge in [-0.3, -0.25) is 4.79 Å². The summed E-state index contributed by atoms with van der Waals surface area (Å²) in [5.41, 5.74) is 0.772. The van der Waals surface area contributed by atoms with Crippen molar-refractivity contribution >= 4 is 40.1 Å². The van der Waals surface area contributed by atoms with Crippen LogP contribution in [0.15, 0.2) is 24.3 Å². The van der Waals surface area contributed by atoms with E-state index in [2.05, 4.69) is 22.6 Å². The molecule has 1 amide bonds. The van der Waals surface area contributed by atoms with Crippen LogP contribution in [0.2, 0.25) is 0 Å². The number of piperidine rings is 1. The van der Waals surface area contributed by atoms with Gasteiger partial charge in [0.2, 0.25) is 0 Å². The number of hydrogen-bond donors (Lipinski definition) is 0. The van der Waals surface area contributed by atoms with Crippen LogP contribution < -0.4 is 0 Å². The van der Waals surface area contributed by atoms with Gasteiger partial charge < -0.3 is 4.90 Å². The highest BCUT2D eigenvalue weighted by Crippen LogP contribution is 2.18. The topological polar surface area (TPSA) is 20.3 Å². The molecule has 0 aromatic heterocycles. The standard InChI is InChI=1S/C12H13ClINO/c13-10-5-7-15(8-6-10)12(16)9-1-3-11(14)4-2-9/h1-4,10H,5-8H2. The van der Waals surface area contributed by atoms with Gasteiger partial charge in [0, 0.05) is 27.6 Å². The van der Waals surface area contributed by atoms with Gasteiger partial charge in [-0.05, 0) is 59.7 Å². The van der Waals surface area contributed by atoms with E-state index >= 15 is 0 Å². The van der Waals surface area contributed by atoms with Crippen molar-refractivity contribution in [1.29, 1.82) is 0 Å². The van der Waals surface area contributed by atoms with Gasteiger partial charge in [0.1, 0.15) is 0 Å². The highest BCUT2D eigenvalue weighted by molar-refractivity contribution is 14.1. The van der Waals surface area contributed by atoms with Crippen molar-refractivity contribution in [2.75, 3.05) is 13.1 Å². The molecule has 1 aliphatic rings. The number of carbonyl (C=O) groups excluding carboxylic acids is 1. The Bertz CT molecular complexity index is 371. The molecule has 0 saturated carbocycles. The van der Waals surface area contributed by atoms with Gasteiger partial charge in [0.15, 0.2) is 0 Å². The molecule has 4 heteroatoms. The van der Waals surface area contributed by atoms with E-state index in [9.17, 15) is 4.79 Å². The first-order valence-electron chi connectivity index (χ1n) is 5.36. The van der Waals surface area contributed by atoms with Crippen molar-refractivity contribution in [3.63, 3.8) is 0 Å². The summed E-state index contributed by atoms with van der Waals surface area (Å²) in [6.45, 7) is 1.55. The third-order valence-corrected chi connectivity index (χ3v) is 3.96. The number of rotatable bonds is 1. The first-order chi connectivity index (χ1) is 7.66. The Hall–Kier alpha value is -0.290. The van der Waals surface area contributed by atoms with E-state index < -0.39 is 0 Å². The number of likely N-dealkylation sites (tertiary alicyclic amines) is 1. The fourth-order valence-electron chi connectivity index (χ4n) is 1.83. The molecule has 0 radical (unpaired) electrons. The van der Waals surface area contributed by atoms with Crippen LogP contribution in [0.25, 0.3) is 0 Å². The van der Waals surface area contributed by atoms with Crippen LogP contribution in [-0.4, -0.2) is 29.3 Å². The second-order valence-corrected chi connectivity index (χ2v) is 5.84. The molecule has 0 unspecified atom stereocenters. The summed E-state index contributed by atoms with van der Waals surface area (Å²) in [6.07, 6.45) is 1.80. The highest BCUT2D eigenvalue weighted by Gasteiger charge is 2.21. The van der Waals surface area contributed by atoms with Crippen molar-refractivity contribution < 1.29 is 4.79 Å². The molecular formula is C12H13ClINO. The highest BCUT2D eigenvalue weighted by atomic mass is 127. The van der Waals surface area contributed by atoms with Gasteiger partial charge in [-0.15, -0.1) is 11.6 Å². The van der Waals surface area contributed by atoms with Gasteiger partial charge in [0.05, 0.1) is 0 Å². The lowest BCUT2D eigenvalue weighted by molar-refractivity contribution is 0.0726. The zero-order valence-corrected chi connectivity index (χ0v) is 11.7. The van der Waals surface area contributed by atoms with Crippen LogP contribution >= 0.6 is 34.2 Å². The normalized spacial score (nSPS) is 17.5. The molecular weight excluding hydrogens is 336 g/mol. The SMILES string of the molecule is O=C(c1ccc(I)cc1)N1CCC(Cl)CC1. The van der Waals surface area contributed by atoms with E-state index in [1.54, 1.807) is 0 Å². The zero-order valence-electron chi connectivity index (χ0n) is 8.83. The van der Waals surface area contributed by atoms with Crippen molar-refractivity contribution in [2.24, 2.45) is 0 Å². The van der Waals surface area contributed by atoms with Gasteiger partial charge in [-0.2, -0.15) is 0 Å². The Morgan fingerprint density at radius 3 is 2.38 bits per heavy atom. The van der Waals surface area contributed by atoms with Crippen LogP contribution in [0.5, 0.6) is 0 Å². The first kappa shape index (κ1) is 12.2. The van der Waals surface area contributed by atoms with Crippen LogP contribution in [0.3, 0.4) is 0 Å². The first-order valence-corrected chi connectivity index (χ1v) is 6.87. The minimum atomic E-state index is 0.125. The molecule has 2 rings (SSSR count).